The van der Waals surface area contributed by atoms with E-state index in [1.54, 1.807) is 0 Å². The van der Waals surface area contributed by atoms with Crippen molar-refractivity contribution in [2.45, 2.75) is 26.2 Å². The van der Waals surface area contributed by atoms with Crippen LogP contribution < -0.4 is 0 Å². The van der Waals surface area contributed by atoms with Gasteiger partial charge in [0.25, 0.3) is 0 Å². The first-order valence-corrected chi connectivity index (χ1v) is 5.78. The summed E-state index contributed by atoms with van der Waals surface area (Å²) in [5.74, 6) is -0.393. The van der Waals surface area contributed by atoms with Gasteiger partial charge in [-0.15, -0.1) is 10.2 Å². The normalized spacial score (nSPS) is 10.5. The minimum absolute atomic E-state index is 0.141. The molecule has 1 aromatic carbocycles. The van der Waals surface area contributed by atoms with Crippen LogP contribution in [0, 0.1) is 0 Å². The lowest BCUT2D eigenvalue weighted by atomic mass is 10.1. The van der Waals surface area contributed by atoms with Crippen LogP contribution in [0.2, 0.25) is 0 Å². The lowest BCUT2D eigenvalue weighted by Crippen LogP contribution is -1.99. The molecule has 2 rings (SSSR count). The van der Waals surface area contributed by atoms with Crippen LogP contribution in [0.15, 0.2) is 28.7 Å². The summed E-state index contributed by atoms with van der Waals surface area (Å²) in [7, 11) is 0. The number of carboxylic acids is 1. The van der Waals surface area contributed by atoms with Crippen LogP contribution in [0.5, 0.6) is 0 Å². The van der Waals surface area contributed by atoms with Gasteiger partial charge in [-0.1, -0.05) is 31.2 Å². The largest absolute Gasteiger partial charge is 0.481 e. The second-order valence-corrected chi connectivity index (χ2v) is 4.01. The van der Waals surface area contributed by atoms with E-state index in [9.17, 15) is 4.79 Å². The molecule has 1 heterocycles. The molecule has 0 aliphatic heterocycles. The predicted octanol–water partition coefficient (Wildman–Crippen LogP) is 1.85. The summed E-state index contributed by atoms with van der Waals surface area (Å²) >= 11 is 0. The predicted molar refractivity (Wildman–Crippen MR) is 64.3 cm³/mol. The van der Waals surface area contributed by atoms with E-state index in [-0.39, 0.29) is 12.3 Å². The molecule has 0 bridgehead atoms. The number of carbonyl (C=O) groups is 1. The summed E-state index contributed by atoms with van der Waals surface area (Å²) in [6.07, 6.45) is 1.29. The number of aromatic nitrogens is 2. The number of rotatable bonds is 5. The van der Waals surface area contributed by atoms with Crippen LogP contribution in [-0.4, -0.2) is 21.3 Å². The van der Waals surface area contributed by atoms with Gasteiger partial charge in [0.1, 0.15) is 6.42 Å². The molecule has 0 aliphatic rings. The van der Waals surface area contributed by atoms with Gasteiger partial charge in [0, 0.05) is 0 Å². The van der Waals surface area contributed by atoms with Crippen molar-refractivity contribution in [2.24, 2.45) is 0 Å². The Balaban J connectivity index is 2.03. The number of aryl methyl sites for hydroxylation is 1. The summed E-state index contributed by atoms with van der Waals surface area (Å²) < 4.78 is 5.25. The van der Waals surface area contributed by atoms with E-state index in [0.717, 1.165) is 12.0 Å². The van der Waals surface area contributed by atoms with E-state index in [1.807, 2.05) is 12.1 Å². The monoisotopic (exact) mass is 246 g/mol. The molecule has 0 fully saturated rings. The topological polar surface area (TPSA) is 76.2 Å². The zero-order chi connectivity index (χ0) is 13.0. The van der Waals surface area contributed by atoms with Gasteiger partial charge < -0.3 is 9.52 Å². The average molecular weight is 246 g/mol. The van der Waals surface area contributed by atoms with Crippen LogP contribution in [0.3, 0.4) is 0 Å². The molecule has 1 N–H and O–H groups in total. The van der Waals surface area contributed by atoms with Gasteiger partial charge in [0.15, 0.2) is 0 Å². The third-order valence-corrected chi connectivity index (χ3v) is 2.60. The third-order valence-electron chi connectivity index (χ3n) is 2.60. The van der Waals surface area contributed by atoms with Crippen LogP contribution >= 0.6 is 0 Å². The van der Waals surface area contributed by atoms with Gasteiger partial charge in [-0.05, 0) is 17.5 Å². The van der Waals surface area contributed by atoms with Gasteiger partial charge in [0.2, 0.25) is 11.8 Å². The van der Waals surface area contributed by atoms with Crippen LogP contribution in [0.1, 0.15) is 29.8 Å². The molecule has 0 saturated heterocycles. The Bertz CT molecular complexity index is 531. The Labute approximate surface area is 104 Å². The van der Waals surface area contributed by atoms with Gasteiger partial charge in [0.05, 0.1) is 6.42 Å². The van der Waals surface area contributed by atoms with Gasteiger partial charge >= 0.3 is 5.97 Å². The Morgan fingerprint density at radius 2 is 1.78 bits per heavy atom. The average Bonchev–Trinajstić information content (AvgIpc) is 2.76. The highest BCUT2D eigenvalue weighted by atomic mass is 16.4. The molecule has 0 amide bonds. The summed E-state index contributed by atoms with van der Waals surface area (Å²) in [6, 6.07) is 8.15. The Morgan fingerprint density at radius 3 is 2.39 bits per heavy atom. The number of benzene rings is 1. The zero-order valence-corrected chi connectivity index (χ0v) is 10.1. The van der Waals surface area contributed by atoms with Crippen molar-refractivity contribution in [3.8, 4) is 0 Å². The van der Waals surface area contributed by atoms with Gasteiger partial charge in [-0.3, -0.25) is 4.79 Å². The SMILES string of the molecule is CCc1ccc(Cc2nnc(CC(=O)O)o2)cc1. The number of nitrogens with zero attached hydrogens (tertiary/aromatic N) is 2. The maximum Gasteiger partial charge on any atom is 0.312 e. The quantitative estimate of drug-likeness (QED) is 0.871. The van der Waals surface area contributed by atoms with E-state index < -0.39 is 5.97 Å². The summed E-state index contributed by atoms with van der Waals surface area (Å²) in [5.41, 5.74) is 2.34. The minimum Gasteiger partial charge on any atom is -0.481 e. The summed E-state index contributed by atoms with van der Waals surface area (Å²) in [4.78, 5) is 10.5. The molecule has 0 radical (unpaired) electrons. The first-order chi connectivity index (χ1) is 8.67. The van der Waals surface area contributed by atoms with Crippen LogP contribution in [0.4, 0.5) is 0 Å². The van der Waals surface area contributed by atoms with Crippen molar-refractivity contribution >= 4 is 5.97 Å². The Hall–Kier alpha value is -2.17. The van der Waals surface area contributed by atoms with Crippen LogP contribution in [-0.2, 0) is 24.1 Å². The van der Waals surface area contributed by atoms with Crippen molar-refractivity contribution in [1.29, 1.82) is 0 Å². The molecule has 0 aliphatic carbocycles. The summed E-state index contributed by atoms with van der Waals surface area (Å²) in [6.45, 7) is 2.10. The smallest absolute Gasteiger partial charge is 0.312 e. The molecule has 2 aromatic rings. The summed E-state index contributed by atoms with van der Waals surface area (Å²) in [5, 5.41) is 16.1. The molecule has 0 spiro atoms. The lowest BCUT2D eigenvalue weighted by molar-refractivity contribution is -0.136. The molecular weight excluding hydrogens is 232 g/mol. The van der Waals surface area contributed by atoms with E-state index in [1.165, 1.54) is 5.56 Å². The van der Waals surface area contributed by atoms with E-state index in [4.69, 9.17) is 9.52 Å². The highest BCUT2D eigenvalue weighted by Gasteiger charge is 2.10. The number of hydrogen-bond acceptors (Lipinski definition) is 4. The first-order valence-electron chi connectivity index (χ1n) is 5.78. The molecule has 0 atom stereocenters. The maximum absolute atomic E-state index is 10.5. The number of carboxylic acid groups (broad SMARTS) is 1. The van der Waals surface area contributed by atoms with E-state index in [0.29, 0.717) is 12.3 Å². The Kier molecular flexibility index (Phi) is 3.72. The maximum atomic E-state index is 10.5. The third kappa shape index (κ3) is 3.16. The minimum atomic E-state index is -0.975. The number of hydrogen-bond donors (Lipinski definition) is 1. The fourth-order valence-corrected chi connectivity index (χ4v) is 1.63. The standard InChI is InChI=1S/C13H14N2O3/c1-2-9-3-5-10(6-4-9)7-11-14-15-12(18-11)8-13(16)17/h3-6H,2,7-8H2,1H3,(H,16,17). The fourth-order valence-electron chi connectivity index (χ4n) is 1.63. The van der Waals surface area contributed by atoms with Crippen LogP contribution in [0.25, 0.3) is 0 Å². The molecular formula is C13H14N2O3. The highest BCUT2D eigenvalue weighted by Crippen LogP contribution is 2.10. The molecule has 1 aromatic heterocycles. The van der Waals surface area contributed by atoms with E-state index >= 15 is 0 Å². The lowest BCUT2D eigenvalue weighted by Gasteiger charge is -1.99. The molecule has 94 valence electrons. The van der Waals surface area contributed by atoms with E-state index in [2.05, 4.69) is 29.3 Å². The van der Waals surface area contributed by atoms with Gasteiger partial charge in [-0.2, -0.15) is 0 Å². The molecule has 18 heavy (non-hydrogen) atoms. The molecule has 0 unspecified atom stereocenters. The van der Waals surface area contributed by atoms with Crippen molar-refractivity contribution < 1.29 is 14.3 Å². The van der Waals surface area contributed by atoms with Crippen molar-refractivity contribution in [3.05, 3.63) is 47.2 Å². The number of aliphatic carboxylic acids is 1. The highest BCUT2D eigenvalue weighted by molar-refractivity contribution is 5.68. The second kappa shape index (κ2) is 5.44. The van der Waals surface area contributed by atoms with Crippen molar-refractivity contribution in [3.63, 3.8) is 0 Å². The fraction of sp³-hybridized carbons (Fsp3) is 0.308. The molecule has 5 nitrogen and oxygen atoms in total. The Morgan fingerprint density at radius 1 is 1.17 bits per heavy atom. The van der Waals surface area contributed by atoms with Crippen molar-refractivity contribution in [1.82, 2.24) is 10.2 Å². The zero-order valence-electron chi connectivity index (χ0n) is 10.1. The molecule has 0 saturated carbocycles. The van der Waals surface area contributed by atoms with Crippen molar-refractivity contribution in [2.75, 3.05) is 0 Å². The van der Waals surface area contributed by atoms with Gasteiger partial charge in [-0.25, -0.2) is 0 Å². The second-order valence-electron chi connectivity index (χ2n) is 4.01. The molecule has 5 heteroatoms. The first kappa shape index (κ1) is 12.3.